The average molecular weight is 535 g/mol. The van der Waals surface area contributed by atoms with Crippen LogP contribution in [0.25, 0.3) is 10.6 Å². The first-order chi connectivity index (χ1) is 15.4. The van der Waals surface area contributed by atoms with Crippen LogP contribution in [0.4, 0.5) is 15.6 Å². The number of nitrogens with one attached hydrogen (secondary N) is 3. The lowest BCUT2D eigenvalue weighted by Crippen LogP contribution is -2.49. The van der Waals surface area contributed by atoms with E-state index >= 15 is 0 Å². The van der Waals surface area contributed by atoms with Gasteiger partial charge in [0.15, 0.2) is 0 Å². The third-order valence-corrected chi connectivity index (χ3v) is 6.98. The first-order valence-electron chi connectivity index (χ1n) is 10.0. The Morgan fingerprint density at radius 1 is 1.12 bits per heavy atom. The fourth-order valence-corrected chi connectivity index (χ4v) is 4.43. The zero-order valence-corrected chi connectivity index (χ0v) is 21.1. The number of halogens is 1. The van der Waals surface area contributed by atoms with Gasteiger partial charge in [-0.3, -0.25) is 10.1 Å². The minimum atomic E-state index is -0.719. The van der Waals surface area contributed by atoms with Crippen molar-refractivity contribution in [2.24, 2.45) is 5.92 Å². The number of anilines is 2. The van der Waals surface area contributed by atoms with Crippen LogP contribution in [0.5, 0.6) is 0 Å². The SMILES string of the molecule is CC[C@@H](C)[C@H](NC(=O)Nc1ccc(SC)cc1)C(=O)Nc1nnc(-c2cccc(Br)c2)s1. The topological polar surface area (TPSA) is 96.0 Å². The van der Waals surface area contributed by atoms with Crippen molar-refractivity contribution in [1.29, 1.82) is 0 Å². The number of carbonyl (C=O) groups is 2. The number of amides is 3. The third-order valence-electron chi connectivity index (χ3n) is 4.86. The average Bonchev–Trinajstić information content (AvgIpc) is 3.26. The van der Waals surface area contributed by atoms with Gasteiger partial charge in [0.1, 0.15) is 11.0 Å². The van der Waals surface area contributed by atoms with Crippen molar-refractivity contribution in [3.8, 4) is 10.6 Å². The summed E-state index contributed by atoms with van der Waals surface area (Å²) < 4.78 is 0.936. The van der Waals surface area contributed by atoms with Crippen molar-refractivity contribution in [3.63, 3.8) is 0 Å². The van der Waals surface area contributed by atoms with E-state index in [1.165, 1.54) is 11.3 Å². The number of hydrogen-bond donors (Lipinski definition) is 3. The van der Waals surface area contributed by atoms with Crippen LogP contribution in [0, 0.1) is 5.92 Å². The van der Waals surface area contributed by atoms with Gasteiger partial charge in [-0.1, -0.05) is 59.7 Å². The highest BCUT2D eigenvalue weighted by atomic mass is 79.9. The maximum absolute atomic E-state index is 13.0. The lowest BCUT2D eigenvalue weighted by molar-refractivity contribution is -0.119. The fourth-order valence-electron chi connectivity index (χ4n) is 2.88. The Morgan fingerprint density at radius 3 is 2.53 bits per heavy atom. The highest BCUT2D eigenvalue weighted by Gasteiger charge is 2.27. The van der Waals surface area contributed by atoms with Crippen molar-refractivity contribution < 1.29 is 9.59 Å². The van der Waals surface area contributed by atoms with Crippen LogP contribution in [0.2, 0.25) is 0 Å². The molecule has 2 aromatic carbocycles. The number of rotatable bonds is 8. The smallest absolute Gasteiger partial charge is 0.319 e. The van der Waals surface area contributed by atoms with Gasteiger partial charge in [-0.25, -0.2) is 4.79 Å². The molecule has 7 nitrogen and oxygen atoms in total. The van der Waals surface area contributed by atoms with Crippen LogP contribution in [0.15, 0.2) is 57.9 Å². The lowest BCUT2D eigenvalue weighted by Gasteiger charge is -2.23. The zero-order valence-electron chi connectivity index (χ0n) is 17.9. The van der Waals surface area contributed by atoms with Crippen LogP contribution in [0.1, 0.15) is 20.3 Å². The molecule has 2 atom stereocenters. The number of benzene rings is 2. The zero-order chi connectivity index (χ0) is 23.1. The Bertz CT molecular complexity index is 1070. The van der Waals surface area contributed by atoms with Gasteiger partial charge in [0.05, 0.1) is 0 Å². The quantitative estimate of drug-likeness (QED) is 0.315. The van der Waals surface area contributed by atoms with Crippen LogP contribution >= 0.6 is 39.0 Å². The largest absolute Gasteiger partial charge is 0.326 e. The molecule has 0 aliphatic rings. The van der Waals surface area contributed by atoms with Crippen LogP contribution < -0.4 is 16.0 Å². The lowest BCUT2D eigenvalue weighted by atomic mass is 9.98. The summed E-state index contributed by atoms with van der Waals surface area (Å²) >= 11 is 6.35. The van der Waals surface area contributed by atoms with Gasteiger partial charge in [-0.15, -0.1) is 22.0 Å². The second kappa shape index (κ2) is 11.4. The molecule has 0 aliphatic carbocycles. The van der Waals surface area contributed by atoms with Crippen molar-refractivity contribution in [3.05, 3.63) is 53.0 Å². The molecule has 0 unspecified atom stereocenters. The number of aromatic nitrogens is 2. The van der Waals surface area contributed by atoms with E-state index in [9.17, 15) is 9.59 Å². The second-order valence-electron chi connectivity index (χ2n) is 7.10. The molecule has 0 saturated heterocycles. The Labute approximate surface area is 203 Å². The molecule has 0 aliphatic heterocycles. The highest BCUT2D eigenvalue weighted by molar-refractivity contribution is 9.10. The molecule has 1 heterocycles. The molecule has 3 aromatic rings. The Balaban J connectivity index is 1.66. The molecular formula is C22H24BrN5O2S2. The van der Waals surface area contributed by atoms with Crippen molar-refractivity contribution in [2.75, 3.05) is 16.9 Å². The van der Waals surface area contributed by atoms with E-state index in [0.717, 1.165) is 21.4 Å². The van der Waals surface area contributed by atoms with Gasteiger partial charge in [0.2, 0.25) is 11.0 Å². The van der Waals surface area contributed by atoms with Crippen molar-refractivity contribution >= 4 is 61.8 Å². The second-order valence-corrected chi connectivity index (χ2v) is 9.87. The number of urea groups is 1. The van der Waals surface area contributed by atoms with E-state index in [-0.39, 0.29) is 11.8 Å². The molecule has 1 aromatic heterocycles. The maximum atomic E-state index is 13.0. The summed E-state index contributed by atoms with van der Waals surface area (Å²) in [6.45, 7) is 3.90. The molecule has 3 N–H and O–H groups in total. The minimum absolute atomic E-state index is 0.0721. The molecule has 0 fully saturated rings. The molecule has 32 heavy (non-hydrogen) atoms. The summed E-state index contributed by atoms with van der Waals surface area (Å²) in [6.07, 6.45) is 2.71. The summed E-state index contributed by atoms with van der Waals surface area (Å²) in [7, 11) is 0. The molecule has 0 bridgehead atoms. The van der Waals surface area contributed by atoms with E-state index in [2.05, 4.69) is 42.1 Å². The fraction of sp³-hybridized carbons (Fsp3) is 0.273. The normalized spacial score (nSPS) is 12.6. The number of carbonyl (C=O) groups excluding carboxylic acids is 2. The van der Waals surface area contributed by atoms with Gasteiger partial charge in [-0.05, 0) is 48.6 Å². The molecule has 0 radical (unpaired) electrons. The molecule has 10 heteroatoms. The van der Waals surface area contributed by atoms with E-state index in [1.54, 1.807) is 11.8 Å². The third kappa shape index (κ3) is 6.54. The van der Waals surface area contributed by atoms with Crippen LogP contribution in [0.3, 0.4) is 0 Å². The van der Waals surface area contributed by atoms with Gasteiger partial charge in [0.25, 0.3) is 0 Å². The first-order valence-corrected chi connectivity index (χ1v) is 12.8. The number of thioether (sulfide) groups is 1. The predicted molar refractivity (Wildman–Crippen MR) is 135 cm³/mol. The van der Waals surface area contributed by atoms with E-state index < -0.39 is 12.1 Å². The predicted octanol–water partition coefficient (Wildman–Crippen LogP) is 5.86. The summed E-state index contributed by atoms with van der Waals surface area (Å²) in [4.78, 5) is 26.6. The van der Waals surface area contributed by atoms with Gasteiger partial charge < -0.3 is 10.6 Å². The van der Waals surface area contributed by atoms with E-state index in [0.29, 0.717) is 15.8 Å². The molecular weight excluding hydrogens is 510 g/mol. The van der Waals surface area contributed by atoms with Crippen LogP contribution in [-0.2, 0) is 4.79 Å². The Morgan fingerprint density at radius 2 is 1.88 bits per heavy atom. The summed E-state index contributed by atoms with van der Waals surface area (Å²) in [5, 5.41) is 17.7. The van der Waals surface area contributed by atoms with Crippen LogP contribution in [-0.4, -0.2) is 34.4 Å². The maximum Gasteiger partial charge on any atom is 0.319 e. The van der Waals surface area contributed by atoms with E-state index in [4.69, 9.17) is 0 Å². The molecule has 168 valence electrons. The van der Waals surface area contributed by atoms with Gasteiger partial charge in [0, 0.05) is 20.6 Å². The van der Waals surface area contributed by atoms with Gasteiger partial charge in [-0.2, -0.15) is 0 Å². The molecule has 3 rings (SSSR count). The molecule has 0 saturated carbocycles. The summed E-state index contributed by atoms with van der Waals surface area (Å²) in [6, 6.07) is 14.1. The Kier molecular flexibility index (Phi) is 8.66. The number of hydrogen-bond acceptors (Lipinski definition) is 6. The summed E-state index contributed by atoms with van der Waals surface area (Å²) in [5.74, 6) is -0.402. The summed E-state index contributed by atoms with van der Waals surface area (Å²) in [5.41, 5.74) is 1.56. The standard InChI is InChI=1S/C22H24BrN5O2S2/c1-4-13(2)18(25-21(30)24-16-8-10-17(31-3)11-9-16)19(29)26-22-28-27-20(32-22)14-6-5-7-15(23)12-14/h5-13,18H,4H2,1-3H3,(H2,24,25,30)(H,26,28,29)/t13-,18+/m1/s1. The van der Waals surface area contributed by atoms with Gasteiger partial charge >= 0.3 is 6.03 Å². The highest BCUT2D eigenvalue weighted by Crippen LogP contribution is 2.28. The van der Waals surface area contributed by atoms with Crippen molar-refractivity contribution in [2.45, 2.75) is 31.2 Å². The minimum Gasteiger partial charge on any atom is -0.326 e. The van der Waals surface area contributed by atoms with E-state index in [1.807, 2.05) is 68.6 Å². The Hall–Kier alpha value is -2.43. The molecule has 3 amide bonds. The first kappa shape index (κ1) is 24.2. The monoisotopic (exact) mass is 533 g/mol. The number of nitrogens with zero attached hydrogens (tertiary/aromatic N) is 2. The van der Waals surface area contributed by atoms with Crippen molar-refractivity contribution in [1.82, 2.24) is 15.5 Å². The molecule has 0 spiro atoms.